The fourth-order valence-corrected chi connectivity index (χ4v) is 6.68. The molecule has 3 saturated carbocycles. The predicted octanol–water partition coefficient (Wildman–Crippen LogP) is 2.60. The topological polar surface area (TPSA) is 66.4 Å². The molecule has 24 heavy (non-hydrogen) atoms. The van der Waals surface area contributed by atoms with Gasteiger partial charge in [0.15, 0.2) is 0 Å². The summed E-state index contributed by atoms with van der Waals surface area (Å²) in [7, 11) is 0. The number of carbonyl (C=O) groups excluding carboxylic acids is 2. The zero-order valence-corrected chi connectivity index (χ0v) is 14.8. The van der Waals surface area contributed by atoms with Crippen molar-refractivity contribution in [3.8, 4) is 0 Å². The third-order valence-electron chi connectivity index (χ3n) is 8.10. The summed E-state index contributed by atoms with van der Waals surface area (Å²) < 4.78 is 0. The second kappa shape index (κ2) is 5.42. The summed E-state index contributed by atoms with van der Waals surface area (Å²) in [5.41, 5.74) is 1.26. The van der Waals surface area contributed by atoms with Gasteiger partial charge in [0.1, 0.15) is 5.78 Å². The van der Waals surface area contributed by atoms with Crippen molar-refractivity contribution >= 4 is 12.2 Å². The fraction of sp³-hybridized carbons (Fsp3) is 0.800. The minimum atomic E-state index is -0.250. The van der Waals surface area contributed by atoms with Gasteiger partial charge in [-0.3, -0.25) is 9.59 Å². The third kappa shape index (κ3) is 2.08. The number of fused-ring (bicyclic) bond motifs is 5. The highest BCUT2D eigenvalue weighted by molar-refractivity contribution is 5.87. The Morgan fingerprint density at radius 3 is 2.62 bits per heavy atom. The van der Waals surface area contributed by atoms with Gasteiger partial charge < -0.3 is 10.4 Å². The van der Waals surface area contributed by atoms with Gasteiger partial charge in [0.25, 0.3) is 0 Å². The van der Waals surface area contributed by atoms with Crippen LogP contribution in [0, 0.1) is 28.6 Å². The van der Waals surface area contributed by atoms with Crippen molar-refractivity contribution in [3.05, 3.63) is 11.6 Å². The molecule has 7 atom stereocenters. The van der Waals surface area contributed by atoms with E-state index in [2.05, 4.69) is 25.2 Å². The highest BCUT2D eigenvalue weighted by atomic mass is 16.3. The number of ketones is 1. The maximum Gasteiger partial charge on any atom is 0.207 e. The molecule has 0 spiro atoms. The number of aliphatic hydroxyl groups is 1. The lowest BCUT2D eigenvalue weighted by molar-refractivity contribution is -0.132. The Balaban J connectivity index is 1.77. The Morgan fingerprint density at radius 1 is 1.17 bits per heavy atom. The molecule has 0 bridgehead atoms. The Bertz CT molecular complexity index is 600. The van der Waals surface area contributed by atoms with Gasteiger partial charge in [-0.2, -0.15) is 0 Å². The maximum atomic E-state index is 12.5. The van der Waals surface area contributed by atoms with E-state index in [9.17, 15) is 14.7 Å². The molecule has 4 rings (SSSR count). The highest BCUT2D eigenvalue weighted by Crippen LogP contribution is 2.63. The molecule has 0 aromatic heterocycles. The third-order valence-corrected chi connectivity index (χ3v) is 8.10. The number of rotatable bonds is 2. The maximum absolute atomic E-state index is 12.5. The quantitative estimate of drug-likeness (QED) is 0.604. The zero-order chi connectivity index (χ0) is 17.1. The first-order chi connectivity index (χ1) is 11.4. The zero-order valence-electron chi connectivity index (χ0n) is 14.8. The lowest BCUT2D eigenvalue weighted by Gasteiger charge is -2.58. The molecule has 2 N–H and O–H groups in total. The number of nitrogens with one attached hydrogen (secondary N) is 1. The van der Waals surface area contributed by atoms with Gasteiger partial charge in [0.2, 0.25) is 6.41 Å². The SMILES string of the molecule is C[C@]12CCC(O)CC1=CC(NC=O)[C@@H]1[C@@H]2CC[C@]2(C)C(=O)CC[C@@H]12. The number of hydrogen-bond acceptors (Lipinski definition) is 3. The average Bonchev–Trinajstić information content (AvgIpc) is 2.85. The number of amides is 1. The second-order valence-corrected chi connectivity index (χ2v) is 9.02. The van der Waals surface area contributed by atoms with Crippen LogP contribution in [0.4, 0.5) is 0 Å². The van der Waals surface area contributed by atoms with Gasteiger partial charge >= 0.3 is 0 Å². The molecular weight excluding hydrogens is 302 g/mol. The highest BCUT2D eigenvalue weighted by Gasteiger charge is 2.60. The number of hydrogen-bond donors (Lipinski definition) is 2. The van der Waals surface area contributed by atoms with Crippen molar-refractivity contribution in [1.29, 1.82) is 0 Å². The summed E-state index contributed by atoms with van der Waals surface area (Å²) in [6.45, 7) is 4.52. The van der Waals surface area contributed by atoms with E-state index < -0.39 is 0 Å². The first-order valence-corrected chi connectivity index (χ1v) is 9.52. The van der Waals surface area contributed by atoms with Crippen LogP contribution in [-0.2, 0) is 9.59 Å². The summed E-state index contributed by atoms with van der Waals surface area (Å²) in [4.78, 5) is 23.8. The van der Waals surface area contributed by atoms with Crippen molar-refractivity contribution in [3.63, 3.8) is 0 Å². The van der Waals surface area contributed by atoms with E-state index in [-0.39, 0.29) is 23.0 Å². The predicted molar refractivity (Wildman–Crippen MR) is 91.1 cm³/mol. The minimum Gasteiger partial charge on any atom is -0.393 e. The van der Waals surface area contributed by atoms with Crippen LogP contribution in [0.5, 0.6) is 0 Å². The monoisotopic (exact) mass is 331 g/mol. The normalized spacial score (nSPS) is 50.4. The van der Waals surface area contributed by atoms with E-state index >= 15 is 0 Å². The van der Waals surface area contributed by atoms with E-state index in [1.165, 1.54) is 5.57 Å². The van der Waals surface area contributed by atoms with Crippen LogP contribution in [0.25, 0.3) is 0 Å². The minimum absolute atomic E-state index is 0.0106. The van der Waals surface area contributed by atoms with Crippen LogP contribution >= 0.6 is 0 Å². The Kier molecular flexibility index (Phi) is 3.68. The fourth-order valence-electron chi connectivity index (χ4n) is 6.68. The summed E-state index contributed by atoms with van der Waals surface area (Å²) >= 11 is 0. The molecule has 0 radical (unpaired) electrons. The Hall–Kier alpha value is -1.16. The van der Waals surface area contributed by atoms with Crippen LogP contribution in [-0.4, -0.2) is 29.4 Å². The Labute approximate surface area is 144 Å². The molecule has 132 valence electrons. The standard InChI is InChI=1S/C20H29NO3/c1-19-7-5-13(23)9-12(19)10-16(21-11-22)18-14-3-4-17(24)20(14,2)8-6-15(18)19/h10-11,13-16,18,23H,3-9H2,1-2H3,(H,21,22)/t13?,14-,15-,16?,18-,19-,20-/m0/s1. The molecule has 1 amide bonds. The molecule has 2 unspecified atom stereocenters. The van der Waals surface area contributed by atoms with Gasteiger partial charge in [-0.1, -0.05) is 25.5 Å². The van der Waals surface area contributed by atoms with E-state index in [1.54, 1.807) is 0 Å². The Morgan fingerprint density at radius 2 is 1.88 bits per heavy atom. The second-order valence-electron chi connectivity index (χ2n) is 9.02. The number of aliphatic hydroxyl groups excluding tert-OH is 1. The molecule has 4 aliphatic carbocycles. The lowest BCUT2D eigenvalue weighted by Crippen LogP contribution is -2.57. The van der Waals surface area contributed by atoms with E-state index in [4.69, 9.17) is 0 Å². The van der Waals surface area contributed by atoms with Gasteiger partial charge in [0, 0.05) is 11.8 Å². The van der Waals surface area contributed by atoms with Crippen LogP contribution in [0.15, 0.2) is 11.6 Å². The first-order valence-electron chi connectivity index (χ1n) is 9.52. The molecule has 3 fully saturated rings. The van der Waals surface area contributed by atoms with Gasteiger partial charge in [0.05, 0.1) is 12.1 Å². The number of Topliss-reactive ketones (excluding diaryl/α,β-unsaturated/α-hetero) is 1. The molecule has 0 aromatic rings. The van der Waals surface area contributed by atoms with Crippen LogP contribution < -0.4 is 5.32 Å². The van der Waals surface area contributed by atoms with Crippen molar-refractivity contribution in [1.82, 2.24) is 5.32 Å². The van der Waals surface area contributed by atoms with Crippen LogP contribution in [0.1, 0.15) is 58.8 Å². The van der Waals surface area contributed by atoms with E-state index in [1.807, 2.05) is 0 Å². The molecule has 0 saturated heterocycles. The molecule has 0 heterocycles. The smallest absolute Gasteiger partial charge is 0.207 e. The summed E-state index contributed by atoms with van der Waals surface area (Å²) in [5.74, 6) is 1.66. The van der Waals surface area contributed by atoms with Crippen molar-refractivity contribution in [2.24, 2.45) is 28.6 Å². The van der Waals surface area contributed by atoms with Crippen molar-refractivity contribution < 1.29 is 14.7 Å². The van der Waals surface area contributed by atoms with Crippen LogP contribution in [0.2, 0.25) is 0 Å². The van der Waals surface area contributed by atoms with Gasteiger partial charge in [-0.25, -0.2) is 0 Å². The molecule has 4 aliphatic rings. The van der Waals surface area contributed by atoms with E-state index in [0.717, 1.165) is 44.9 Å². The molecule has 4 nitrogen and oxygen atoms in total. The number of carbonyl (C=O) groups is 2. The van der Waals surface area contributed by atoms with Crippen molar-refractivity contribution in [2.45, 2.75) is 70.9 Å². The van der Waals surface area contributed by atoms with Crippen molar-refractivity contribution in [2.75, 3.05) is 0 Å². The first kappa shape index (κ1) is 16.3. The molecular formula is C20H29NO3. The molecule has 0 aliphatic heterocycles. The molecule has 0 aromatic carbocycles. The van der Waals surface area contributed by atoms with Gasteiger partial charge in [-0.05, 0) is 61.7 Å². The average molecular weight is 331 g/mol. The van der Waals surface area contributed by atoms with Crippen LogP contribution in [0.3, 0.4) is 0 Å². The largest absolute Gasteiger partial charge is 0.393 e. The van der Waals surface area contributed by atoms with E-state index in [0.29, 0.717) is 30.0 Å². The molecule has 4 heteroatoms. The summed E-state index contributed by atoms with van der Waals surface area (Å²) in [6.07, 6.45) is 9.12. The van der Waals surface area contributed by atoms with Gasteiger partial charge in [-0.15, -0.1) is 0 Å². The lowest BCUT2D eigenvalue weighted by atomic mass is 9.47. The summed E-state index contributed by atoms with van der Waals surface area (Å²) in [6, 6.07) is 0.0106. The summed E-state index contributed by atoms with van der Waals surface area (Å²) in [5, 5.41) is 13.2.